The number of nitrogens with one attached hydrogen (secondary N) is 3. The van der Waals surface area contributed by atoms with Crippen LogP contribution in [-0.4, -0.2) is 47.4 Å². The summed E-state index contributed by atoms with van der Waals surface area (Å²) in [5.41, 5.74) is 2.19. The van der Waals surface area contributed by atoms with E-state index in [1.165, 1.54) is 12.8 Å². The topological polar surface area (TPSA) is 77.2 Å². The predicted octanol–water partition coefficient (Wildman–Crippen LogP) is 4.27. The molecule has 2 amide bonds. The van der Waals surface area contributed by atoms with Crippen molar-refractivity contribution >= 4 is 22.7 Å². The molecule has 6 heteroatoms. The predicted molar refractivity (Wildman–Crippen MR) is 132 cm³/mol. The number of fused-ring (bicyclic) bond motifs is 1. The largest absolute Gasteiger partial charge is 0.361 e. The number of piperidine rings is 1. The van der Waals surface area contributed by atoms with Gasteiger partial charge in [0.25, 0.3) is 5.91 Å². The lowest BCUT2D eigenvalue weighted by Crippen LogP contribution is -2.42. The highest BCUT2D eigenvalue weighted by Gasteiger charge is 2.25. The van der Waals surface area contributed by atoms with E-state index in [4.69, 9.17) is 0 Å². The molecule has 1 atom stereocenters. The molecule has 0 aliphatic carbocycles. The Morgan fingerprint density at radius 1 is 1.06 bits per heavy atom. The summed E-state index contributed by atoms with van der Waals surface area (Å²) in [7, 11) is 0. The number of carbonyl (C=O) groups is 2. The van der Waals surface area contributed by atoms with E-state index in [0.717, 1.165) is 36.0 Å². The molecule has 1 saturated heterocycles. The molecule has 3 aromatic rings. The second kappa shape index (κ2) is 10.7. The van der Waals surface area contributed by atoms with Crippen LogP contribution in [0.2, 0.25) is 0 Å². The highest BCUT2D eigenvalue weighted by Crippen LogP contribution is 2.22. The van der Waals surface area contributed by atoms with E-state index in [9.17, 15) is 9.59 Å². The molecule has 1 aliphatic rings. The Hall–Kier alpha value is -3.12. The molecule has 0 spiro atoms. The molecule has 0 bridgehead atoms. The average Bonchev–Trinajstić information content (AvgIpc) is 3.31. The van der Waals surface area contributed by atoms with Crippen LogP contribution < -0.4 is 10.6 Å². The molecule has 33 heavy (non-hydrogen) atoms. The summed E-state index contributed by atoms with van der Waals surface area (Å²) in [4.78, 5) is 31.8. The molecule has 2 aromatic carbocycles. The summed E-state index contributed by atoms with van der Waals surface area (Å²) >= 11 is 0. The van der Waals surface area contributed by atoms with E-state index in [1.54, 1.807) is 6.07 Å². The number of hydrogen-bond donors (Lipinski definition) is 3. The number of benzene rings is 2. The third-order valence-electron chi connectivity index (χ3n) is 6.72. The second-order valence-corrected chi connectivity index (χ2v) is 9.25. The lowest BCUT2D eigenvalue weighted by molar-refractivity contribution is -0.123. The maximum atomic E-state index is 13.1. The number of aromatic nitrogens is 1. The van der Waals surface area contributed by atoms with E-state index in [1.807, 2.05) is 54.7 Å². The molecule has 0 radical (unpaired) electrons. The molecule has 3 N–H and O–H groups in total. The molecule has 2 heterocycles. The van der Waals surface area contributed by atoms with Gasteiger partial charge in [0.15, 0.2) is 0 Å². The van der Waals surface area contributed by atoms with Gasteiger partial charge in [-0.1, -0.05) is 36.4 Å². The van der Waals surface area contributed by atoms with Crippen LogP contribution in [0.1, 0.15) is 55.1 Å². The highest BCUT2D eigenvalue weighted by atomic mass is 16.2. The summed E-state index contributed by atoms with van der Waals surface area (Å²) in [6.45, 7) is 7.37. The summed E-state index contributed by atoms with van der Waals surface area (Å²) in [5.74, 6) is 0.198. The van der Waals surface area contributed by atoms with Crippen molar-refractivity contribution in [3.05, 3.63) is 71.9 Å². The van der Waals surface area contributed by atoms with Gasteiger partial charge >= 0.3 is 0 Å². The van der Waals surface area contributed by atoms with Gasteiger partial charge in [-0.15, -0.1) is 0 Å². The first kappa shape index (κ1) is 23.1. The zero-order valence-electron chi connectivity index (χ0n) is 19.5. The third-order valence-corrected chi connectivity index (χ3v) is 6.72. The van der Waals surface area contributed by atoms with Gasteiger partial charge in [0, 0.05) is 29.9 Å². The molecule has 6 nitrogen and oxygen atoms in total. The SMILES string of the molecule is CC(C)N1CCC(CCNC(=O)[C@H](NC(=O)c2ccc3cc[nH]c3c2)c2ccccc2)CC1. The molecule has 0 saturated carbocycles. The fourth-order valence-electron chi connectivity index (χ4n) is 4.61. The maximum absolute atomic E-state index is 13.1. The summed E-state index contributed by atoms with van der Waals surface area (Å²) in [6, 6.07) is 16.8. The molecule has 0 unspecified atom stereocenters. The first-order valence-electron chi connectivity index (χ1n) is 12.0. The van der Waals surface area contributed by atoms with Gasteiger partial charge in [-0.05, 0) is 81.3 Å². The van der Waals surface area contributed by atoms with Crippen LogP contribution in [0.4, 0.5) is 0 Å². The second-order valence-electron chi connectivity index (χ2n) is 9.25. The Morgan fingerprint density at radius 3 is 2.55 bits per heavy atom. The van der Waals surface area contributed by atoms with Crippen LogP contribution in [0.15, 0.2) is 60.8 Å². The van der Waals surface area contributed by atoms with Gasteiger partial charge in [0.05, 0.1) is 0 Å². The third kappa shape index (κ3) is 5.82. The molecular formula is C27H34N4O2. The van der Waals surface area contributed by atoms with Crippen molar-refractivity contribution in [1.82, 2.24) is 20.5 Å². The zero-order valence-corrected chi connectivity index (χ0v) is 19.5. The number of amides is 2. The minimum absolute atomic E-state index is 0.171. The molecule has 174 valence electrons. The Kier molecular flexibility index (Phi) is 7.45. The van der Waals surface area contributed by atoms with Crippen molar-refractivity contribution in [1.29, 1.82) is 0 Å². The van der Waals surface area contributed by atoms with Crippen LogP contribution in [0.25, 0.3) is 10.9 Å². The monoisotopic (exact) mass is 446 g/mol. The van der Waals surface area contributed by atoms with Crippen LogP contribution in [0.3, 0.4) is 0 Å². The lowest BCUT2D eigenvalue weighted by Gasteiger charge is -2.34. The van der Waals surface area contributed by atoms with Crippen molar-refractivity contribution in [2.75, 3.05) is 19.6 Å². The van der Waals surface area contributed by atoms with E-state index < -0.39 is 6.04 Å². The first-order valence-corrected chi connectivity index (χ1v) is 12.0. The smallest absolute Gasteiger partial charge is 0.252 e. The quantitative estimate of drug-likeness (QED) is 0.484. The number of hydrogen-bond acceptors (Lipinski definition) is 3. The van der Waals surface area contributed by atoms with Crippen LogP contribution >= 0.6 is 0 Å². The van der Waals surface area contributed by atoms with Crippen LogP contribution in [0, 0.1) is 5.92 Å². The van der Waals surface area contributed by atoms with E-state index in [0.29, 0.717) is 24.1 Å². The van der Waals surface area contributed by atoms with Crippen molar-refractivity contribution in [3.63, 3.8) is 0 Å². The van der Waals surface area contributed by atoms with Crippen molar-refractivity contribution in [2.24, 2.45) is 5.92 Å². The van der Waals surface area contributed by atoms with Crippen molar-refractivity contribution < 1.29 is 9.59 Å². The van der Waals surface area contributed by atoms with Crippen molar-refractivity contribution in [2.45, 2.75) is 45.2 Å². The van der Waals surface area contributed by atoms with Gasteiger partial charge in [-0.25, -0.2) is 0 Å². The number of rotatable bonds is 8. The van der Waals surface area contributed by atoms with Gasteiger partial charge in [-0.3, -0.25) is 9.59 Å². The Balaban J connectivity index is 1.37. The van der Waals surface area contributed by atoms with Crippen LogP contribution in [-0.2, 0) is 4.79 Å². The minimum Gasteiger partial charge on any atom is -0.361 e. The number of H-pyrrole nitrogens is 1. The molecular weight excluding hydrogens is 412 g/mol. The summed E-state index contributed by atoms with van der Waals surface area (Å²) in [6.07, 6.45) is 5.16. The Bertz CT molecular complexity index is 1070. The number of aromatic amines is 1. The van der Waals surface area contributed by atoms with E-state index in [-0.39, 0.29) is 11.8 Å². The zero-order chi connectivity index (χ0) is 23.2. The average molecular weight is 447 g/mol. The summed E-state index contributed by atoms with van der Waals surface area (Å²) < 4.78 is 0. The van der Waals surface area contributed by atoms with Crippen LogP contribution in [0.5, 0.6) is 0 Å². The summed E-state index contributed by atoms with van der Waals surface area (Å²) in [5, 5.41) is 7.06. The number of likely N-dealkylation sites (tertiary alicyclic amines) is 1. The number of carbonyl (C=O) groups excluding carboxylic acids is 2. The minimum atomic E-state index is -0.735. The molecule has 1 fully saturated rings. The molecule has 4 rings (SSSR count). The van der Waals surface area contributed by atoms with E-state index >= 15 is 0 Å². The maximum Gasteiger partial charge on any atom is 0.252 e. The Morgan fingerprint density at radius 2 is 1.82 bits per heavy atom. The number of nitrogens with zero attached hydrogens (tertiary/aromatic N) is 1. The highest BCUT2D eigenvalue weighted by molar-refractivity contribution is 6.00. The van der Waals surface area contributed by atoms with Gasteiger partial charge in [0.1, 0.15) is 6.04 Å². The van der Waals surface area contributed by atoms with Gasteiger partial charge in [0.2, 0.25) is 5.91 Å². The standard InChI is InChI=1S/C27H34N4O2/c1-19(2)31-16-12-20(13-17-31)10-14-29-27(33)25(22-6-4-3-5-7-22)30-26(32)23-9-8-21-11-15-28-24(21)18-23/h3-9,11,15,18-20,25,28H,10,12-14,16-17H2,1-2H3,(H,29,33)(H,30,32)/t25-/m1/s1. The van der Waals surface area contributed by atoms with Gasteiger partial charge in [-0.2, -0.15) is 0 Å². The fraction of sp³-hybridized carbons (Fsp3) is 0.407. The van der Waals surface area contributed by atoms with E-state index in [2.05, 4.69) is 34.4 Å². The van der Waals surface area contributed by atoms with Gasteiger partial charge < -0.3 is 20.5 Å². The lowest BCUT2D eigenvalue weighted by atomic mass is 9.93. The molecule has 1 aromatic heterocycles. The molecule has 1 aliphatic heterocycles. The Labute approximate surface area is 195 Å². The fourth-order valence-corrected chi connectivity index (χ4v) is 4.61. The van der Waals surface area contributed by atoms with Crippen molar-refractivity contribution in [3.8, 4) is 0 Å². The first-order chi connectivity index (χ1) is 16.0. The normalized spacial score (nSPS) is 16.1.